The van der Waals surface area contributed by atoms with Crippen LogP contribution in [-0.2, 0) is 6.54 Å². The molecule has 0 radical (unpaired) electrons. The highest BCUT2D eigenvalue weighted by Gasteiger charge is 2.50. The van der Waals surface area contributed by atoms with E-state index in [1.54, 1.807) is 23.0 Å². The van der Waals surface area contributed by atoms with Gasteiger partial charge in [-0.1, -0.05) is 18.2 Å². The van der Waals surface area contributed by atoms with Crippen molar-refractivity contribution in [3.05, 3.63) is 77.9 Å². The number of ether oxygens (including phenoxy) is 1. The van der Waals surface area contributed by atoms with Crippen molar-refractivity contribution >= 4 is 0 Å². The second-order valence-corrected chi connectivity index (χ2v) is 7.79. The number of aliphatic hydroxyl groups is 1. The Balaban J connectivity index is 1.46. The smallest absolute Gasteiger partial charge is 0.123 e. The van der Waals surface area contributed by atoms with E-state index in [1.807, 2.05) is 30.5 Å². The Morgan fingerprint density at radius 1 is 1.21 bits per heavy atom. The second kappa shape index (κ2) is 6.72. The van der Waals surface area contributed by atoms with E-state index in [9.17, 15) is 9.50 Å². The lowest BCUT2D eigenvalue weighted by atomic mass is 9.74. The minimum Gasteiger partial charge on any atom is -0.493 e. The van der Waals surface area contributed by atoms with E-state index in [2.05, 4.69) is 16.1 Å². The first-order valence-corrected chi connectivity index (χ1v) is 9.52. The molecule has 144 valence electrons. The van der Waals surface area contributed by atoms with E-state index < -0.39 is 0 Å². The molecule has 1 saturated heterocycles. The summed E-state index contributed by atoms with van der Waals surface area (Å²) in [5, 5.41) is 14.5. The largest absolute Gasteiger partial charge is 0.493 e. The zero-order valence-electron chi connectivity index (χ0n) is 15.5. The van der Waals surface area contributed by atoms with Crippen LogP contribution in [0.15, 0.2) is 60.9 Å². The number of hydrogen-bond donors (Lipinski definition) is 1. The van der Waals surface area contributed by atoms with Gasteiger partial charge in [-0.05, 0) is 41.5 Å². The van der Waals surface area contributed by atoms with Crippen LogP contribution in [0, 0.1) is 11.2 Å². The Kier molecular flexibility index (Phi) is 4.18. The van der Waals surface area contributed by atoms with Gasteiger partial charge in [0.2, 0.25) is 0 Å². The van der Waals surface area contributed by atoms with Gasteiger partial charge in [-0.3, -0.25) is 4.90 Å². The van der Waals surface area contributed by atoms with Crippen molar-refractivity contribution < 1.29 is 14.2 Å². The lowest BCUT2D eigenvalue weighted by Gasteiger charge is -2.38. The SMILES string of the molecule is OC[C@]12COc3ccccc3[C@H]1CN(Cc1cc(F)ccc1-n1cccn1)C2. The zero-order valence-corrected chi connectivity index (χ0v) is 15.5. The van der Waals surface area contributed by atoms with Crippen LogP contribution in [-0.4, -0.2) is 46.1 Å². The number of likely N-dealkylation sites (tertiary alicyclic amines) is 1. The fraction of sp³-hybridized carbons (Fsp3) is 0.318. The molecule has 6 heteroatoms. The van der Waals surface area contributed by atoms with Gasteiger partial charge in [0, 0.05) is 43.4 Å². The van der Waals surface area contributed by atoms with Gasteiger partial charge < -0.3 is 9.84 Å². The first-order chi connectivity index (χ1) is 13.7. The van der Waals surface area contributed by atoms with Crippen LogP contribution in [0.5, 0.6) is 5.75 Å². The number of aliphatic hydroxyl groups excluding tert-OH is 1. The predicted molar refractivity (Wildman–Crippen MR) is 103 cm³/mol. The molecule has 2 aliphatic rings. The van der Waals surface area contributed by atoms with Crippen LogP contribution in [0.2, 0.25) is 0 Å². The summed E-state index contributed by atoms with van der Waals surface area (Å²) in [5.41, 5.74) is 2.57. The monoisotopic (exact) mass is 379 g/mol. The molecule has 3 aromatic rings. The van der Waals surface area contributed by atoms with Crippen molar-refractivity contribution in [2.24, 2.45) is 5.41 Å². The van der Waals surface area contributed by atoms with Gasteiger partial charge in [0.05, 0.1) is 18.9 Å². The molecule has 0 bridgehead atoms. The van der Waals surface area contributed by atoms with Crippen molar-refractivity contribution in [1.82, 2.24) is 14.7 Å². The van der Waals surface area contributed by atoms with Gasteiger partial charge >= 0.3 is 0 Å². The van der Waals surface area contributed by atoms with E-state index in [-0.39, 0.29) is 23.8 Å². The highest BCUT2D eigenvalue weighted by atomic mass is 19.1. The summed E-state index contributed by atoms with van der Waals surface area (Å²) in [4.78, 5) is 2.29. The lowest BCUT2D eigenvalue weighted by Crippen LogP contribution is -2.42. The third kappa shape index (κ3) is 2.80. The minimum absolute atomic E-state index is 0.0671. The molecule has 28 heavy (non-hydrogen) atoms. The molecule has 0 aliphatic carbocycles. The maximum Gasteiger partial charge on any atom is 0.123 e. The maximum absolute atomic E-state index is 14.0. The zero-order chi connectivity index (χ0) is 19.1. The fourth-order valence-corrected chi connectivity index (χ4v) is 4.65. The van der Waals surface area contributed by atoms with Crippen LogP contribution >= 0.6 is 0 Å². The number of hydrogen-bond acceptors (Lipinski definition) is 4. The average Bonchev–Trinajstić information content (AvgIpc) is 3.36. The first kappa shape index (κ1) is 17.4. The molecular weight excluding hydrogens is 357 g/mol. The molecule has 0 saturated carbocycles. The van der Waals surface area contributed by atoms with Gasteiger partial charge in [0.15, 0.2) is 0 Å². The highest BCUT2D eigenvalue weighted by molar-refractivity contribution is 5.43. The van der Waals surface area contributed by atoms with E-state index >= 15 is 0 Å². The summed E-state index contributed by atoms with van der Waals surface area (Å²) >= 11 is 0. The molecule has 2 aliphatic heterocycles. The standard InChI is InChI=1S/C22H22FN3O2/c23-17-6-7-20(26-9-3-8-24-26)16(10-17)11-25-12-19-18-4-1-2-5-21(18)28-15-22(19,13-25)14-27/h1-10,19,27H,11-15H2/t19-,22-/m1/s1. The molecule has 2 aromatic carbocycles. The van der Waals surface area contributed by atoms with Crippen molar-refractivity contribution in [3.63, 3.8) is 0 Å². The van der Waals surface area contributed by atoms with E-state index in [4.69, 9.17) is 4.74 Å². The Labute approximate surface area is 163 Å². The van der Waals surface area contributed by atoms with Gasteiger partial charge in [-0.25, -0.2) is 9.07 Å². The van der Waals surface area contributed by atoms with Gasteiger partial charge in [0.1, 0.15) is 11.6 Å². The molecule has 1 fully saturated rings. The number of nitrogens with zero attached hydrogens (tertiary/aromatic N) is 3. The van der Waals surface area contributed by atoms with Crippen LogP contribution in [0.25, 0.3) is 5.69 Å². The summed E-state index contributed by atoms with van der Waals surface area (Å²) in [7, 11) is 0. The molecule has 3 heterocycles. The Bertz CT molecular complexity index is 991. The van der Waals surface area contributed by atoms with Crippen molar-refractivity contribution in [2.45, 2.75) is 12.5 Å². The highest BCUT2D eigenvalue weighted by Crippen LogP contribution is 2.49. The van der Waals surface area contributed by atoms with E-state index in [1.165, 1.54) is 6.07 Å². The average molecular weight is 379 g/mol. The van der Waals surface area contributed by atoms with Gasteiger partial charge in [-0.15, -0.1) is 0 Å². The van der Waals surface area contributed by atoms with Crippen LogP contribution in [0.1, 0.15) is 17.0 Å². The normalized spacial score (nSPS) is 23.9. The molecule has 5 nitrogen and oxygen atoms in total. The fourth-order valence-electron chi connectivity index (χ4n) is 4.65. The first-order valence-electron chi connectivity index (χ1n) is 9.52. The third-order valence-electron chi connectivity index (χ3n) is 6.03. The van der Waals surface area contributed by atoms with Crippen LogP contribution in [0.3, 0.4) is 0 Å². The molecule has 0 spiro atoms. The molecule has 0 unspecified atom stereocenters. The summed E-state index contributed by atoms with van der Waals surface area (Å²) in [6, 6.07) is 14.7. The number of fused-ring (bicyclic) bond motifs is 3. The molecule has 2 atom stereocenters. The van der Waals surface area contributed by atoms with Crippen molar-refractivity contribution in [2.75, 3.05) is 26.3 Å². The summed E-state index contributed by atoms with van der Waals surface area (Å²) in [6.07, 6.45) is 3.58. The topological polar surface area (TPSA) is 50.5 Å². The molecular formula is C22H22FN3O2. The van der Waals surface area contributed by atoms with Crippen molar-refractivity contribution in [1.29, 1.82) is 0 Å². The summed E-state index contributed by atoms with van der Waals surface area (Å²) in [6.45, 7) is 2.66. The Hall–Kier alpha value is -2.70. The van der Waals surface area contributed by atoms with Crippen LogP contribution in [0.4, 0.5) is 4.39 Å². The number of halogens is 1. The van der Waals surface area contributed by atoms with Gasteiger partial charge in [0.25, 0.3) is 0 Å². The summed E-state index contributed by atoms with van der Waals surface area (Å²) in [5.74, 6) is 0.846. The minimum atomic E-state index is -0.326. The molecule has 5 rings (SSSR count). The number of benzene rings is 2. The molecule has 0 amide bonds. The quantitative estimate of drug-likeness (QED) is 0.757. The van der Waals surface area contributed by atoms with E-state index in [0.717, 1.165) is 29.1 Å². The van der Waals surface area contributed by atoms with E-state index in [0.29, 0.717) is 19.7 Å². The second-order valence-electron chi connectivity index (χ2n) is 7.79. The van der Waals surface area contributed by atoms with Crippen molar-refractivity contribution in [3.8, 4) is 11.4 Å². The van der Waals surface area contributed by atoms with Crippen LogP contribution < -0.4 is 4.74 Å². The predicted octanol–water partition coefficient (Wildman–Crippen LogP) is 2.98. The lowest BCUT2D eigenvalue weighted by molar-refractivity contribution is 0.0457. The third-order valence-corrected chi connectivity index (χ3v) is 6.03. The maximum atomic E-state index is 14.0. The summed E-state index contributed by atoms with van der Waals surface area (Å²) < 4.78 is 21.7. The number of aromatic nitrogens is 2. The van der Waals surface area contributed by atoms with Gasteiger partial charge in [-0.2, -0.15) is 5.10 Å². The molecule has 1 aromatic heterocycles. The molecule has 1 N–H and O–H groups in total. The number of para-hydroxylation sites is 1. The Morgan fingerprint density at radius 2 is 2.11 bits per heavy atom. The Morgan fingerprint density at radius 3 is 2.93 bits per heavy atom. The number of rotatable bonds is 4.